The molecular weight excluding hydrogens is 348 g/mol. The standard InChI is InChI=1S/C19H23ClN6/c20-13-4-2-1-3-12(13)16(22)17-18(23)25-15(11-24-17)26-9-7-19(8-10-26)6-5-14(19)21/h1-4,11,14,22H,5-10,21H2,(H2,23,25). The van der Waals surface area contributed by atoms with Gasteiger partial charge in [0.2, 0.25) is 0 Å². The van der Waals surface area contributed by atoms with Crippen LogP contribution < -0.4 is 16.4 Å². The first-order valence-corrected chi connectivity index (χ1v) is 9.35. The molecule has 1 unspecified atom stereocenters. The summed E-state index contributed by atoms with van der Waals surface area (Å²) in [5.74, 6) is 1.02. The molecule has 0 radical (unpaired) electrons. The Labute approximate surface area is 158 Å². The molecule has 7 heteroatoms. The molecule has 6 nitrogen and oxygen atoms in total. The van der Waals surface area contributed by atoms with E-state index in [1.165, 1.54) is 6.42 Å². The summed E-state index contributed by atoms with van der Waals surface area (Å²) in [6.45, 7) is 1.84. The van der Waals surface area contributed by atoms with Crippen molar-refractivity contribution in [3.8, 4) is 0 Å². The van der Waals surface area contributed by atoms with Crippen molar-refractivity contribution < 1.29 is 0 Å². The summed E-state index contributed by atoms with van der Waals surface area (Å²) < 4.78 is 0. The number of benzene rings is 1. The van der Waals surface area contributed by atoms with Gasteiger partial charge in [-0.2, -0.15) is 0 Å². The maximum atomic E-state index is 8.38. The number of rotatable bonds is 3. The van der Waals surface area contributed by atoms with Gasteiger partial charge in [0.05, 0.1) is 16.9 Å². The summed E-state index contributed by atoms with van der Waals surface area (Å²) in [6, 6.07) is 7.54. The highest BCUT2D eigenvalue weighted by Crippen LogP contribution is 2.48. The molecule has 26 heavy (non-hydrogen) atoms. The summed E-state index contributed by atoms with van der Waals surface area (Å²) in [7, 11) is 0. The van der Waals surface area contributed by atoms with Crippen molar-refractivity contribution in [2.45, 2.75) is 31.7 Å². The lowest BCUT2D eigenvalue weighted by Crippen LogP contribution is -2.56. The van der Waals surface area contributed by atoms with Crippen LogP contribution in [0.2, 0.25) is 5.02 Å². The van der Waals surface area contributed by atoms with E-state index < -0.39 is 0 Å². The van der Waals surface area contributed by atoms with Crippen LogP contribution in [0.5, 0.6) is 0 Å². The molecule has 1 aromatic heterocycles. The Morgan fingerprint density at radius 2 is 1.96 bits per heavy atom. The Kier molecular flexibility index (Phi) is 4.32. The SMILES string of the molecule is N=C(c1ccccc1Cl)c1ncc(N2CCC3(CCC3N)CC2)nc1N. The van der Waals surface area contributed by atoms with Crippen molar-refractivity contribution in [1.82, 2.24) is 9.97 Å². The molecule has 136 valence electrons. The van der Waals surface area contributed by atoms with Crippen LogP contribution in [0.1, 0.15) is 36.9 Å². The minimum absolute atomic E-state index is 0.185. The molecule has 1 aromatic carbocycles. The molecule has 1 saturated carbocycles. The highest BCUT2D eigenvalue weighted by atomic mass is 35.5. The fourth-order valence-electron chi connectivity index (χ4n) is 4.05. The molecule has 0 amide bonds. The van der Waals surface area contributed by atoms with Crippen molar-refractivity contribution in [3.05, 3.63) is 46.7 Å². The zero-order chi connectivity index (χ0) is 18.3. The predicted octanol–water partition coefficient (Wildman–Crippen LogP) is 2.84. The summed E-state index contributed by atoms with van der Waals surface area (Å²) in [5.41, 5.74) is 13.8. The van der Waals surface area contributed by atoms with Crippen LogP contribution in [-0.2, 0) is 0 Å². The van der Waals surface area contributed by atoms with Gasteiger partial charge in [-0.3, -0.25) is 5.41 Å². The number of aromatic nitrogens is 2. The minimum Gasteiger partial charge on any atom is -0.382 e. The van der Waals surface area contributed by atoms with E-state index in [-0.39, 0.29) is 11.5 Å². The van der Waals surface area contributed by atoms with Gasteiger partial charge in [0, 0.05) is 24.7 Å². The van der Waals surface area contributed by atoms with E-state index >= 15 is 0 Å². The smallest absolute Gasteiger partial charge is 0.154 e. The van der Waals surface area contributed by atoms with Crippen LogP contribution >= 0.6 is 11.6 Å². The van der Waals surface area contributed by atoms with Crippen molar-refractivity contribution in [1.29, 1.82) is 5.41 Å². The van der Waals surface area contributed by atoms with E-state index in [2.05, 4.69) is 14.9 Å². The number of nitrogens with zero attached hydrogens (tertiary/aromatic N) is 3. The Balaban J connectivity index is 1.52. The number of nitrogen functional groups attached to an aromatic ring is 1. The molecule has 2 fully saturated rings. The number of piperidine rings is 1. The zero-order valence-electron chi connectivity index (χ0n) is 14.6. The number of hydrogen-bond donors (Lipinski definition) is 3. The lowest BCUT2D eigenvalue weighted by atomic mass is 9.60. The van der Waals surface area contributed by atoms with Gasteiger partial charge >= 0.3 is 0 Å². The van der Waals surface area contributed by atoms with Crippen molar-refractivity contribution >= 4 is 28.9 Å². The fraction of sp³-hybridized carbons (Fsp3) is 0.421. The maximum absolute atomic E-state index is 8.38. The Morgan fingerprint density at radius 1 is 1.23 bits per heavy atom. The average Bonchev–Trinajstić information content (AvgIpc) is 2.66. The second kappa shape index (κ2) is 6.52. The third kappa shape index (κ3) is 2.83. The summed E-state index contributed by atoms with van der Waals surface area (Å²) in [5, 5.41) is 8.88. The fourth-order valence-corrected chi connectivity index (χ4v) is 4.28. The molecule has 1 spiro atoms. The third-order valence-electron chi connectivity index (χ3n) is 5.99. The predicted molar refractivity (Wildman–Crippen MR) is 105 cm³/mol. The Morgan fingerprint density at radius 3 is 2.54 bits per heavy atom. The van der Waals surface area contributed by atoms with E-state index in [1.54, 1.807) is 18.3 Å². The second-order valence-corrected chi connectivity index (χ2v) is 7.72. The van der Waals surface area contributed by atoms with Gasteiger partial charge in [0.1, 0.15) is 11.5 Å². The van der Waals surface area contributed by atoms with Crippen LogP contribution in [0.3, 0.4) is 0 Å². The molecule has 1 saturated heterocycles. The molecule has 1 aliphatic heterocycles. The second-order valence-electron chi connectivity index (χ2n) is 7.31. The first-order chi connectivity index (χ1) is 12.5. The minimum atomic E-state index is 0.185. The summed E-state index contributed by atoms with van der Waals surface area (Å²) >= 11 is 6.18. The van der Waals surface area contributed by atoms with Gasteiger partial charge < -0.3 is 16.4 Å². The molecule has 4 rings (SSSR count). The molecule has 5 N–H and O–H groups in total. The molecule has 2 aromatic rings. The topological polar surface area (TPSA) is 105 Å². The number of halogens is 1. The summed E-state index contributed by atoms with van der Waals surface area (Å²) in [6.07, 6.45) is 6.27. The van der Waals surface area contributed by atoms with Crippen molar-refractivity contribution in [2.75, 3.05) is 23.7 Å². The van der Waals surface area contributed by atoms with Crippen LogP contribution in [-0.4, -0.2) is 34.8 Å². The third-order valence-corrected chi connectivity index (χ3v) is 6.32. The van der Waals surface area contributed by atoms with Gasteiger partial charge in [0.25, 0.3) is 0 Å². The number of nitrogens with two attached hydrogens (primary N) is 2. The quantitative estimate of drug-likeness (QED) is 0.720. The van der Waals surface area contributed by atoms with Gasteiger partial charge in [-0.25, -0.2) is 9.97 Å². The molecule has 2 aliphatic rings. The molecular formula is C19H23ClN6. The lowest BCUT2D eigenvalue weighted by molar-refractivity contribution is 0.0610. The first-order valence-electron chi connectivity index (χ1n) is 8.97. The zero-order valence-corrected chi connectivity index (χ0v) is 15.3. The highest BCUT2D eigenvalue weighted by molar-refractivity contribution is 6.35. The number of hydrogen-bond acceptors (Lipinski definition) is 6. The number of nitrogens with one attached hydrogen (secondary N) is 1. The van der Waals surface area contributed by atoms with Gasteiger partial charge in [0.15, 0.2) is 5.82 Å². The van der Waals surface area contributed by atoms with Gasteiger partial charge in [-0.15, -0.1) is 0 Å². The molecule has 1 aliphatic carbocycles. The normalized spacial score (nSPS) is 21.5. The van der Waals surface area contributed by atoms with E-state index in [4.69, 9.17) is 28.5 Å². The van der Waals surface area contributed by atoms with E-state index in [1.807, 2.05) is 12.1 Å². The Bertz CT molecular complexity index is 844. The highest BCUT2D eigenvalue weighted by Gasteiger charge is 2.46. The van der Waals surface area contributed by atoms with Crippen molar-refractivity contribution in [2.24, 2.45) is 11.1 Å². The van der Waals surface area contributed by atoms with E-state index in [0.717, 1.165) is 38.2 Å². The first kappa shape index (κ1) is 17.2. The number of anilines is 2. The average molecular weight is 371 g/mol. The lowest BCUT2D eigenvalue weighted by Gasteiger charge is -2.52. The van der Waals surface area contributed by atoms with Crippen LogP contribution in [0.4, 0.5) is 11.6 Å². The van der Waals surface area contributed by atoms with Crippen molar-refractivity contribution in [3.63, 3.8) is 0 Å². The molecule has 1 atom stereocenters. The molecule has 2 heterocycles. The van der Waals surface area contributed by atoms with Gasteiger partial charge in [-0.05, 0) is 37.2 Å². The summed E-state index contributed by atoms with van der Waals surface area (Å²) in [4.78, 5) is 11.1. The molecule has 0 bridgehead atoms. The van der Waals surface area contributed by atoms with E-state index in [0.29, 0.717) is 27.7 Å². The monoisotopic (exact) mass is 370 g/mol. The largest absolute Gasteiger partial charge is 0.382 e. The maximum Gasteiger partial charge on any atom is 0.154 e. The van der Waals surface area contributed by atoms with Gasteiger partial charge in [-0.1, -0.05) is 29.8 Å². The van der Waals surface area contributed by atoms with E-state index in [9.17, 15) is 0 Å². The van der Waals surface area contributed by atoms with Crippen LogP contribution in [0.25, 0.3) is 0 Å². The Hall–Kier alpha value is -2.18. The van der Waals surface area contributed by atoms with Crippen LogP contribution in [0, 0.1) is 10.8 Å². The van der Waals surface area contributed by atoms with Crippen LogP contribution in [0.15, 0.2) is 30.5 Å².